The van der Waals surface area contributed by atoms with Crippen LogP contribution in [0.1, 0.15) is 0 Å². The second-order valence-corrected chi connectivity index (χ2v) is 2.99. The Balaban J connectivity index is 2.82. The van der Waals surface area contributed by atoms with Crippen LogP contribution in [0.5, 0.6) is 0 Å². The summed E-state index contributed by atoms with van der Waals surface area (Å²) in [5.74, 6) is -0.262. The van der Waals surface area contributed by atoms with Crippen LogP contribution in [0.15, 0.2) is 29.1 Å². The molecule has 2 heterocycles. The average Bonchev–Trinajstić information content (AvgIpc) is 2.27. The highest BCUT2D eigenvalue weighted by Crippen LogP contribution is 2.10. The van der Waals surface area contributed by atoms with Crippen molar-refractivity contribution in [1.82, 2.24) is 9.38 Å². The largest absolute Gasteiger partial charge is 0.303 e. The fraction of sp³-hybridized carbons (Fsp3) is 0. The van der Waals surface area contributed by atoms with Crippen LogP contribution < -0.4 is 0 Å². The molecule has 4 heteroatoms. The lowest BCUT2D eigenvalue weighted by molar-refractivity contribution is 0.619. The number of rotatable bonds is 0. The summed E-state index contributed by atoms with van der Waals surface area (Å²) >= 11 is 3.19. The van der Waals surface area contributed by atoms with E-state index in [-0.39, 0.29) is 5.82 Å². The van der Waals surface area contributed by atoms with E-state index in [1.807, 2.05) is 0 Å². The standard InChI is InChI=1S/C7H4BrFN2/c8-6-4-11-3-5(9)1-2-7(11)10-6/h1-4H. The Kier molecular flexibility index (Phi) is 1.42. The minimum atomic E-state index is -0.262. The zero-order chi connectivity index (χ0) is 7.84. The minimum Gasteiger partial charge on any atom is -0.303 e. The number of hydrogen-bond acceptors (Lipinski definition) is 1. The molecule has 0 bridgehead atoms. The lowest BCUT2D eigenvalue weighted by Gasteiger charge is -1.90. The van der Waals surface area contributed by atoms with Crippen LogP contribution in [0.25, 0.3) is 5.65 Å². The van der Waals surface area contributed by atoms with Gasteiger partial charge in [-0.15, -0.1) is 0 Å². The maximum atomic E-state index is 12.6. The number of nitrogens with zero attached hydrogens (tertiary/aromatic N) is 2. The average molecular weight is 215 g/mol. The van der Waals surface area contributed by atoms with Crippen LogP contribution in [-0.4, -0.2) is 9.38 Å². The maximum Gasteiger partial charge on any atom is 0.139 e. The molecule has 0 N–H and O–H groups in total. The Morgan fingerprint density at radius 1 is 1.36 bits per heavy atom. The van der Waals surface area contributed by atoms with Crippen LogP contribution in [-0.2, 0) is 0 Å². The van der Waals surface area contributed by atoms with E-state index in [1.165, 1.54) is 12.3 Å². The van der Waals surface area contributed by atoms with Gasteiger partial charge in [0.25, 0.3) is 0 Å². The number of halogens is 2. The van der Waals surface area contributed by atoms with Crippen LogP contribution in [0.3, 0.4) is 0 Å². The van der Waals surface area contributed by atoms with Crippen LogP contribution >= 0.6 is 15.9 Å². The first-order chi connectivity index (χ1) is 5.25. The number of imidazole rings is 1. The number of fused-ring (bicyclic) bond motifs is 1. The van der Waals surface area contributed by atoms with E-state index in [4.69, 9.17) is 0 Å². The first-order valence-electron chi connectivity index (χ1n) is 3.05. The molecule has 11 heavy (non-hydrogen) atoms. The van der Waals surface area contributed by atoms with Gasteiger partial charge in [0.1, 0.15) is 16.1 Å². The second kappa shape index (κ2) is 2.30. The Hall–Kier alpha value is -0.900. The summed E-state index contributed by atoms with van der Waals surface area (Å²) in [6, 6.07) is 3.01. The van der Waals surface area contributed by atoms with Crippen molar-refractivity contribution in [2.24, 2.45) is 0 Å². The van der Waals surface area contributed by atoms with E-state index >= 15 is 0 Å². The molecule has 0 saturated heterocycles. The van der Waals surface area contributed by atoms with E-state index in [1.54, 1.807) is 16.7 Å². The monoisotopic (exact) mass is 214 g/mol. The van der Waals surface area contributed by atoms with E-state index in [2.05, 4.69) is 20.9 Å². The molecule has 0 unspecified atom stereocenters. The topological polar surface area (TPSA) is 17.3 Å². The van der Waals surface area contributed by atoms with Gasteiger partial charge < -0.3 is 4.40 Å². The lowest BCUT2D eigenvalue weighted by Crippen LogP contribution is -1.83. The summed E-state index contributed by atoms with van der Waals surface area (Å²) in [4.78, 5) is 4.07. The molecule has 0 fully saturated rings. The predicted molar refractivity (Wildman–Crippen MR) is 42.9 cm³/mol. The summed E-state index contributed by atoms with van der Waals surface area (Å²) in [7, 11) is 0. The van der Waals surface area contributed by atoms with E-state index < -0.39 is 0 Å². The highest BCUT2D eigenvalue weighted by Gasteiger charge is 1.97. The molecule has 0 aliphatic carbocycles. The van der Waals surface area contributed by atoms with Crippen LogP contribution in [0, 0.1) is 5.82 Å². The molecule has 0 spiro atoms. The van der Waals surface area contributed by atoms with Gasteiger partial charge in [-0.1, -0.05) is 0 Å². The first-order valence-corrected chi connectivity index (χ1v) is 3.85. The van der Waals surface area contributed by atoms with Gasteiger partial charge >= 0.3 is 0 Å². The molecule has 2 nitrogen and oxygen atoms in total. The molecule has 0 aliphatic heterocycles. The molecule has 2 aromatic heterocycles. The van der Waals surface area contributed by atoms with Gasteiger partial charge in [0, 0.05) is 12.4 Å². The first kappa shape index (κ1) is 6.79. The molecule has 0 amide bonds. The van der Waals surface area contributed by atoms with E-state index in [0.717, 1.165) is 5.65 Å². The number of aromatic nitrogens is 2. The fourth-order valence-corrected chi connectivity index (χ4v) is 1.34. The zero-order valence-electron chi connectivity index (χ0n) is 5.46. The normalized spacial score (nSPS) is 10.7. The summed E-state index contributed by atoms with van der Waals surface area (Å²) in [6.07, 6.45) is 3.09. The Bertz CT molecular complexity index is 396. The number of pyridine rings is 1. The van der Waals surface area contributed by atoms with Gasteiger partial charge in [0.05, 0.1) is 0 Å². The molecule has 0 aliphatic rings. The SMILES string of the molecule is Fc1ccc2nc(Br)cn2c1. The maximum absolute atomic E-state index is 12.6. The highest BCUT2D eigenvalue weighted by molar-refractivity contribution is 9.10. The van der Waals surface area contributed by atoms with Crippen LogP contribution in [0.4, 0.5) is 4.39 Å². The predicted octanol–water partition coefficient (Wildman–Crippen LogP) is 2.24. The van der Waals surface area contributed by atoms with Gasteiger partial charge in [-0.3, -0.25) is 0 Å². The van der Waals surface area contributed by atoms with Gasteiger partial charge in [-0.05, 0) is 28.1 Å². The minimum absolute atomic E-state index is 0.262. The van der Waals surface area contributed by atoms with E-state index in [0.29, 0.717) is 4.60 Å². The van der Waals surface area contributed by atoms with Crippen molar-refractivity contribution in [2.75, 3.05) is 0 Å². The van der Waals surface area contributed by atoms with Crippen molar-refractivity contribution in [3.63, 3.8) is 0 Å². The molecular weight excluding hydrogens is 211 g/mol. The molecule has 56 valence electrons. The van der Waals surface area contributed by atoms with Gasteiger partial charge in [0.2, 0.25) is 0 Å². The summed E-state index contributed by atoms with van der Waals surface area (Å²) < 4.78 is 14.9. The van der Waals surface area contributed by atoms with Crippen LogP contribution in [0.2, 0.25) is 0 Å². The zero-order valence-corrected chi connectivity index (χ0v) is 7.05. The fourth-order valence-electron chi connectivity index (χ4n) is 0.934. The number of hydrogen-bond donors (Lipinski definition) is 0. The van der Waals surface area contributed by atoms with Crippen molar-refractivity contribution >= 4 is 21.6 Å². The molecule has 0 aromatic carbocycles. The molecule has 2 aromatic rings. The van der Waals surface area contributed by atoms with Gasteiger partial charge in [0.15, 0.2) is 0 Å². The molecular formula is C7H4BrFN2. The molecule has 2 rings (SSSR count). The van der Waals surface area contributed by atoms with Crippen molar-refractivity contribution in [3.05, 3.63) is 34.9 Å². The molecule has 0 atom stereocenters. The third kappa shape index (κ3) is 1.14. The molecule has 0 radical (unpaired) electrons. The van der Waals surface area contributed by atoms with Gasteiger partial charge in [-0.2, -0.15) is 0 Å². The lowest BCUT2D eigenvalue weighted by atomic mass is 10.5. The Morgan fingerprint density at radius 3 is 3.00 bits per heavy atom. The molecule has 0 saturated carbocycles. The highest BCUT2D eigenvalue weighted by atomic mass is 79.9. The summed E-state index contributed by atoms with van der Waals surface area (Å²) in [5.41, 5.74) is 0.735. The Labute approximate surface area is 70.8 Å². The smallest absolute Gasteiger partial charge is 0.139 e. The summed E-state index contributed by atoms with van der Waals surface area (Å²) in [6.45, 7) is 0. The van der Waals surface area contributed by atoms with Gasteiger partial charge in [-0.25, -0.2) is 9.37 Å². The Morgan fingerprint density at radius 2 is 2.18 bits per heavy atom. The second-order valence-electron chi connectivity index (χ2n) is 2.18. The van der Waals surface area contributed by atoms with Crippen molar-refractivity contribution in [2.45, 2.75) is 0 Å². The van der Waals surface area contributed by atoms with E-state index in [9.17, 15) is 4.39 Å². The summed E-state index contributed by atoms with van der Waals surface area (Å²) in [5, 5.41) is 0. The van der Waals surface area contributed by atoms with Crippen molar-refractivity contribution < 1.29 is 4.39 Å². The quantitative estimate of drug-likeness (QED) is 0.658. The van der Waals surface area contributed by atoms with Crippen molar-refractivity contribution in [3.8, 4) is 0 Å². The third-order valence-corrected chi connectivity index (χ3v) is 1.77. The van der Waals surface area contributed by atoms with Crippen molar-refractivity contribution in [1.29, 1.82) is 0 Å². The third-order valence-electron chi connectivity index (χ3n) is 1.39.